The number of carbonyl (C=O) groups excluding carboxylic acids is 1. The van der Waals surface area contributed by atoms with Crippen LogP contribution in [-0.2, 0) is 4.79 Å². The Kier molecular flexibility index (Phi) is 4.38. The standard InChI is InChI=1S/C15H19N3O2/c1-2-7-15(20)10-18(11-15)9-14(19)17-13-5-3-12(8-16)4-6-13/h3-6,20H,2,7,9-11H2,1H3,(H,17,19). The van der Waals surface area contributed by atoms with E-state index in [1.54, 1.807) is 24.3 Å². The number of benzene rings is 1. The molecule has 0 aliphatic carbocycles. The molecule has 20 heavy (non-hydrogen) atoms. The Labute approximate surface area is 118 Å². The van der Waals surface area contributed by atoms with Crippen molar-refractivity contribution in [1.29, 1.82) is 5.26 Å². The second-order valence-corrected chi connectivity index (χ2v) is 5.36. The van der Waals surface area contributed by atoms with Gasteiger partial charge in [-0.05, 0) is 30.7 Å². The van der Waals surface area contributed by atoms with Crippen LogP contribution in [0, 0.1) is 11.3 Å². The van der Waals surface area contributed by atoms with E-state index >= 15 is 0 Å². The third kappa shape index (κ3) is 3.56. The number of rotatable bonds is 5. The smallest absolute Gasteiger partial charge is 0.238 e. The van der Waals surface area contributed by atoms with Crippen LogP contribution in [0.3, 0.4) is 0 Å². The lowest BCUT2D eigenvalue weighted by molar-refractivity contribution is -0.129. The molecule has 5 nitrogen and oxygen atoms in total. The number of nitriles is 1. The predicted molar refractivity (Wildman–Crippen MR) is 76.1 cm³/mol. The summed E-state index contributed by atoms with van der Waals surface area (Å²) in [6.45, 7) is 3.44. The van der Waals surface area contributed by atoms with Crippen molar-refractivity contribution in [1.82, 2.24) is 4.90 Å². The van der Waals surface area contributed by atoms with Crippen LogP contribution < -0.4 is 5.32 Å². The minimum atomic E-state index is -0.608. The average Bonchev–Trinajstić information content (AvgIpc) is 2.38. The van der Waals surface area contributed by atoms with E-state index in [0.717, 1.165) is 12.8 Å². The largest absolute Gasteiger partial charge is 0.387 e. The lowest BCUT2D eigenvalue weighted by Gasteiger charge is -2.46. The summed E-state index contributed by atoms with van der Waals surface area (Å²) in [7, 11) is 0. The van der Waals surface area contributed by atoms with Crippen molar-refractivity contribution in [3.8, 4) is 6.07 Å². The molecular weight excluding hydrogens is 254 g/mol. The van der Waals surface area contributed by atoms with Gasteiger partial charge in [0.1, 0.15) is 0 Å². The first-order valence-corrected chi connectivity index (χ1v) is 6.79. The van der Waals surface area contributed by atoms with Crippen molar-refractivity contribution in [3.63, 3.8) is 0 Å². The van der Waals surface area contributed by atoms with Gasteiger partial charge in [0.15, 0.2) is 0 Å². The summed E-state index contributed by atoms with van der Waals surface area (Å²) in [6, 6.07) is 8.78. The molecule has 0 aromatic heterocycles. The zero-order valence-electron chi connectivity index (χ0n) is 11.6. The van der Waals surface area contributed by atoms with E-state index in [1.165, 1.54) is 0 Å². The van der Waals surface area contributed by atoms with Gasteiger partial charge in [-0.3, -0.25) is 9.69 Å². The van der Waals surface area contributed by atoms with E-state index in [9.17, 15) is 9.90 Å². The zero-order valence-corrected chi connectivity index (χ0v) is 11.6. The molecule has 0 saturated carbocycles. The Morgan fingerprint density at radius 1 is 1.45 bits per heavy atom. The minimum Gasteiger partial charge on any atom is -0.387 e. The first-order valence-electron chi connectivity index (χ1n) is 6.79. The van der Waals surface area contributed by atoms with Gasteiger partial charge in [0, 0.05) is 18.8 Å². The van der Waals surface area contributed by atoms with E-state index in [4.69, 9.17) is 5.26 Å². The summed E-state index contributed by atoms with van der Waals surface area (Å²) in [5.74, 6) is -0.103. The minimum absolute atomic E-state index is 0.103. The molecular formula is C15H19N3O2. The highest BCUT2D eigenvalue weighted by Crippen LogP contribution is 2.25. The van der Waals surface area contributed by atoms with E-state index in [1.807, 2.05) is 17.9 Å². The molecule has 0 bridgehead atoms. The first-order chi connectivity index (χ1) is 9.54. The second kappa shape index (κ2) is 6.04. The summed E-state index contributed by atoms with van der Waals surface area (Å²) in [5.41, 5.74) is 0.637. The number of nitrogens with one attached hydrogen (secondary N) is 1. The zero-order chi connectivity index (χ0) is 14.6. The van der Waals surface area contributed by atoms with Crippen molar-refractivity contribution in [2.45, 2.75) is 25.4 Å². The van der Waals surface area contributed by atoms with Crippen LogP contribution in [0.1, 0.15) is 25.3 Å². The van der Waals surface area contributed by atoms with Crippen LogP contribution in [-0.4, -0.2) is 41.1 Å². The van der Waals surface area contributed by atoms with Gasteiger partial charge in [0.2, 0.25) is 5.91 Å². The molecule has 1 saturated heterocycles. The van der Waals surface area contributed by atoms with Gasteiger partial charge < -0.3 is 10.4 Å². The highest BCUT2D eigenvalue weighted by molar-refractivity contribution is 5.92. The van der Waals surface area contributed by atoms with E-state index in [0.29, 0.717) is 24.3 Å². The maximum Gasteiger partial charge on any atom is 0.238 e. The summed E-state index contributed by atoms with van der Waals surface area (Å²) in [6.07, 6.45) is 1.72. The Hall–Kier alpha value is -1.90. The van der Waals surface area contributed by atoms with Gasteiger partial charge in [-0.15, -0.1) is 0 Å². The van der Waals surface area contributed by atoms with Crippen molar-refractivity contribution in [2.24, 2.45) is 0 Å². The molecule has 0 spiro atoms. The lowest BCUT2D eigenvalue weighted by Crippen LogP contribution is -2.62. The summed E-state index contributed by atoms with van der Waals surface area (Å²) >= 11 is 0. The number of amides is 1. The molecule has 1 heterocycles. The molecule has 1 fully saturated rings. The number of nitrogens with zero attached hydrogens (tertiary/aromatic N) is 2. The van der Waals surface area contributed by atoms with Gasteiger partial charge in [0.25, 0.3) is 0 Å². The Balaban J connectivity index is 1.78. The SMILES string of the molecule is CCCC1(O)CN(CC(=O)Nc2ccc(C#N)cc2)C1. The summed E-state index contributed by atoms with van der Waals surface area (Å²) in [5, 5.41) is 21.5. The molecule has 0 atom stereocenters. The Bertz CT molecular complexity index is 513. The normalized spacial score (nSPS) is 17.1. The van der Waals surface area contributed by atoms with Gasteiger partial charge in [-0.1, -0.05) is 13.3 Å². The Morgan fingerprint density at radius 2 is 2.10 bits per heavy atom. The molecule has 106 valence electrons. The number of likely N-dealkylation sites (tertiary alicyclic amines) is 1. The summed E-state index contributed by atoms with van der Waals surface area (Å²) in [4.78, 5) is 13.8. The molecule has 5 heteroatoms. The monoisotopic (exact) mass is 273 g/mol. The fourth-order valence-electron chi connectivity index (χ4n) is 2.55. The van der Waals surface area contributed by atoms with Crippen LogP contribution in [0.5, 0.6) is 0 Å². The number of hydrogen-bond acceptors (Lipinski definition) is 4. The molecule has 0 radical (unpaired) electrons. The van der Waals surface area contributed by atoms with Crippen molar-refractivity contribution < 1.29 is 9.90 Å². The molecule has 1 aliphatic rings. The second-order valence-electron chi connectivity index (χ2n) is 5.36. The van der Waals surface area contributed by atoms with Crippen LogP contribution in [0.4, 0.5) is 5.69 Å². The quantitative estimate of drug-likeness (QED) is 0.849. The van der Waals surface area contributed by atoms with Gasteiger partial charge in [-0.25, -0.2) is 0 Å². The molecule has 0 unspecified atom stereocenters. The van der Waals surface area contributed by atoms with E-state index in [-0.39, 0.29) is 12.5 Å². The third-order valence-electron chi connectivity index (χ3n) is 3.42. The van der Waals surface area contributed by atoms with Crippen molar-refractivity contribution in [3.05, 3.63) is 29.8 Å². The van der Waals surface area contributed by atoms with Crippen LogP contribution >= 0.6 is 0 Å². The third-order valence-corrected chi connectivity index (χ3v) is 3.42. The van der Waals surface area contributed by atoms with E-state index < -0.39 is 5.60 Å². The first kappa shape index (κ1) is 14.5. The number of β-amino-alcohol motifs (C(OH)–C–C–N with tert-alkyl or cyclic N) is 1. The average molecular weight is 273 g/mol. The van der Waals surface area contributed by atoms with Crippen LogP contribution in [0.2, 0.25) is 0 Å². The highest BCUT2D eigenvalue weighted by atomic mass is 16.3. The molecule has 1 aromatic rings. The topological polar surface area (TPSA) is 76.4 Å². The van der Waals surface area contributed by atoms with Gasteiger partial charge >= 0.3 is 0 Å². The summed E-state index contributed by atoms with van der Waals surface area (Å²) < 4.78 is 0. The maximum atomic E-state index is 11.8. The molecule has 1 aromatic carbocycles. The number of carbonyl (C=O) groups is 1. The fourth-order valence-corrected chi connectivity index (χ4v) is 2.55. The van der Waals surface area contributed by atoms with E-state index in [2.05, 4.69) is 5.32 Å². The molecule has 1 amide bonds. The number of aliphatic hydroxyl groups is 1. The molecule has 2 rings (SSSR count). The molecule has 2 N–H and O–H groups in total. The van der Waals surface area contributed by atoms with Gasteiger partial charge in [0.05, 0.1) is 23.8 Å². The highest BCUT2D eigenvalue weighted by Gasteiger charge is 2.40. The fraction of sp³-hybridized carbons (Fsp3) is 0.467. The van der Waals surface area contributed by atoms with Crippen molar-refractivity contribution >= 4 is 11.6 Å². The Morgan fingerprint density at radius 3 is 2.65 bits per heavy atom. The number of hydrogen-bond donors (Lipinski definition) is 2. The predicted octanol–water partition coefficient (Wildman–Crippen LogP) is 1.34. The molecule has 1 aliphatic heterocycles. The maximum absolute atomic E-state index is 11.8. The van der Waals surface area contributed by atoms with Crippen LogP contribution in [0.25, 0.3) is 0 Å². The van der Waals surface area contributed by atoms with Crippen molar-refractivity contribution in [2.75, 3.05) is 25.0 Å². The van der Waals surface area contributed by atoms with Gasteiger partial charge in [-0.2, -0.15) is 5.26 Å². The van der Waals surface area contributed by atoms with Crippen LogP contribution in [0.15, 0.2) is 24.3 Å². The lowest BCUT2D eigenvalue weighted by atomic mass is 9.89. The number of anilines is 1.